The average molecular weight is 831 g/mol. The summed E-state index contributed by atoms with van der Waals surface area (Å²) in [5, 5.41) is 0. The lowest BCUT2D eigenvalue weighted by Crippen LogP contribution is -2.68. The zero-order valence-electron chi connectivity index (χ0n) is 39.6. The van der Waals surface area contributed by atoms with Crippen molar-refractivity contribution in [2.24, 2.45) is 0 Å². The molecule has 7 aromatic carbocycles. The molecule has 0 bridgehead atoms. The summed E-state index contributed by atoms with van der Waals surface area (Å²) in [5.41, 5.74) is 27.5. The van der Waals surface area contributed by atoms with Gasteiger partial charge in [-0.25, -0.2) is 0 Å². The van der Waals surface area contributed by atoms with E-state index in [1.807, 2.05) is 0 Å². The second-order valence-electron chi connectivity index (χ2n) is 23.9. The van der Waals surface area contributed by atoms with Gasteiger partial charge in [-0.3, -0.25) is 0 Å². The zero-order valence-corrected chi connectivity index (χ0v) is 39.6. The molecule has 0 saturated carbocycles. The molecule has 3 aliphatic carbocycles. The van der Waals surface area contributed by atoms with Crippen LogP contribution in [0.2, 0.25) is 0 Å². The molecule has 64 heavy (non-hydrogen) atoms. The van der Waals surface area contributed by atoms with Crippen molar-refractivity contribution in [2.75, 3.05) is 9.80 Å². The van der Waals surface area contributed by atoms with Crippen molar-refractivity contribution in [3.63, 3.8) is 0 Å². The largest absolute Gasteiger partial charge is 0.311 e. The molecule has 3 heterocycles. The summed E-state index contributed by atoms with van der Waals surface area (Å²) in [6.07, 6.45) is 2.19. The van der Waals surface area contributed by atoms with Gasteiger partial charge in [0.1, 0.15) is 0 Å². The number of hydrogen-bond donors (Lipinski definition) is 0. The molecule has 0 aromatic heterocycles. The van der Waals surface area contributed by atoms with E-state index in [4.69, 9.17) is 0 Å². The first-order chi connectivity index (χ1) is 30.4. The van der Waals surface area contributed by atoms with Gasteiger partial charge in [0, 0.05) is 34.1 Å². The number of benzene rings is 7. The van der Waals surface area contributed by atoms with E-state index in [-0.39, 0.29) is 33.8 Å². The van der Waals surface area contributed by atoms with Gasteiger partial charge in [0.2, 0.25) is 0 Å². The van der Waals surface area contributed by atoms with E-state index in [0.717, 1.165) is 12.8 Å². The molecule has 0 unspecified atom stereocenters. The van der Waals surface area contributed by atoms with Gasteiger partial charge in [0.05, 0.1) is 5.41 Å². The van der Waals surface area contributed by atoms with Crippen LogP contribution < -0.4 is 26.2 Å². The standard InChI is InChI=1S/C61H59BN2/c1-56(2,3)36-30-47-53-48(31-36)64(38-24-16-13-17-25-38)55-50-44(58(6,7)35-60(50,10)11)33-46-52(55)62(53)51-45(61(46)41-28-20-18-26-39(41)40-27-19-21-29-42(40)61)32-43-49(59(8,9)34-57(43,4)5)54(51)63(47)37-22-14-12-15-23-37/h12-33H,34-35H2,1-11H3. The summed E-state index contributed by atoms with van der Waals surface area (Å²) in [7, 11) is 0. The number of fused-ring (bicyclic) bond motifs is 11. The third kappa shape index (κ3) is 4.54. The smallest absolute Gasteiger partial charge is 0.253 e. The minimum Gasteiger partial charge on any atom is -0.311 e. The van der Waals surface area contributed by atoms with Gasteiger partial charge in [0.25, 0.3) is 6.71 Å². The molecular weight excluding hydrogens is 771 g/mol. The van der Waals surface area contributed by atoms with Crippen LogP contribution in [0.15, 0.2) is 133 Å². The van der Waals surface area contributed by atoms with Crippen LogP contribution in [0.5, 0.6) is 0 Å². The Labute approximate surface area is 381 Å². The maximum atomic E-state index is 2.77. The van der Waals surface area contributed by atoms with Crippen molar-refractivity contribution in [3.05, 3.63) is 184 Å². The van der Waals surface area contributed by atoms with E-state index in [0.29, 0.717) is 0 Å². The maximum absolute atomic E-state index is 2.77. The molecule has 0 N–H and O–H groups in total. The molecular formula is C61H59BN2. The van der Waals surface area contributed by atoms with E-state index in [9.17, 15) is 0 Å². The first-order valence-electron chi connectivity index (χ1n) is 23.9. The summed E-state index contributed by atoms with van der Waals surface area (Å²) >= 11 is 0. The second-order valence-corrected chi connectivity index (χ2v) is 23.9. The highest BCUT2D eigenvalue weighted by Gasteiger charge is 2.62. The van der Waals surface area contributed by atoms with Crippen molar-refractivity contribution >= 4 is 57.2 Å². The van der Waals surface area contributed by atoms with Gasteiger partial charge < -0.3 is 9.80 Å². The zero-order chi connectivity index (χ0) is 44.2. The predicted octanol–water partition coefficient (Wildman–Crippen LogP) is 13.7. The van der Waals surface area contributed by atoms with Crippen molar-refractivity contribution < 1.29 is 0 Å². The Bertz CT molecular complexity index is 3010. The quantitative estimate of drug-likeness (QED) is 0.160. The summed E-state index contributed by atoms with van der Waals surface area (Å²) in [6, 6.07) is 52.5. The fraction of sp³-hybridized carbons (Fsp3) is 0.311. The van der Waals surface area contributed by atoms with Crippen LogP contribution in [0.1, 0.15) is 139 Å². The highest BCUT2D eigenvalue weighted by Crippen LogP contribution is 2.65. The molecule has 316 valence electrons. The van der Waals surface area contributed by atoms with E-state index < -0.39 is 5.41 Å². The van der Waals surface area contributed by atoms with E-state index >= 15 is 0 Å². The van der Waals surface area contributed by atoms with Crippen molar-refractivity contribution in [1.82, 2.24) is 0 Å². The van der Waals surface area contributed by atoms with Crippen LogP contribution in [0, 0.1) is 0 Å². The van der Waals surface area contributed by atoms with Gasteiger partial charge in [-0.15, -0.1) is 0 Å². The number of para-hydroxylation sites is 2. The van der Waals surface area contributed by atoms with Gasteiger partial charge in [0.15, 0.2) is 0 Å². The lowest BCUT2D eigenvalue weighted by atomic mass is 9.27. The Morgan fingerprint density at radius 3 is 1.22 bits per heavy atom. The van der Waals surface area contributed by atoms with Gasteiger partial charge in [-0.1, -0.05) is 173 Å². The van der Waals surface area contributed by atoms with E-state index in [1.165, 1.54) is 112 Å². The van der Waals surface area contributed by atoms with Crippen LogP contribution in [-0.2, 0) is 32.5 Å². The highest BCUT2D eigenvalue weighted by molar-refractivity contribution is 7.01. The second kappa shape index (κ2) is 11.9. The molecule has 0 fully saturated rings. The molecule has 0 saturated heterocycles. The third-order valence-electron chi connectivity index (χ3n) is 16.8. The molecule has 7 aromatic rings. The monoisotopic (exact) mass is 830 g/mol. The Morgan fingerprint density at radius 1 is 0.422 bits per heavy atom. The molecule has 1 spiro atoms. The molecule has 13 rings (SSSR count). The average Bonchev–Trinajstić information content (AvgIpc) is 3.73. The Kier molecular flexibility index (Phi) is 7.19. The fourth-order valence-corrected chi connectivity index (χ4v) is 15.1. The van der Waals surface area contributed by atoms with Crippen molar-refractivity contribution in [2.45, 2.75) is 121 Å². The minimum absolute atomic E-state index is 0.0314. The SMILES string of the molecule is CC(C)(C)c1cc2c3c(c1)N(c1ccccc1)c1c4c(cc5c1C(C)(C)CC5(C)C)C1(c5ccccc5-c5ccccc51)c1cc5c(c(c1B34)N2c1ccccc1)C(C)(C)CC5(C)C. The summed E-state index contributed by atoms with van der Waals surface area (Å²) in [6.45, 7) is 27.5. The summed E-state index contributed by atoms with van der Waals surface area (Å²) < 4.78 is 0. The lowest BCUT2D eigenvalue weighted by Gasteiger charge is -2.54. The van der Waals surface area contributed by atoms with E-state index in [2.05, 4.69) is 219 Å². The molecule has 0 amide bonds. The molecule has 0 atom stereocenters. The van der Waals surface area contributed by atoms with Gasteiger partial charge in [-0.2, -0.15) is 0 Å². The van der Waals surface area contributed by atoms with Crippen LogP contribution in [0.3, 0.4) is 0 Å². The molecule has 6 aliphatic rings. The topological polar surface area (TPSA) is 6.48 Å². The van der Waals surface area contributed by atoms with Crippen LogP contribution >= 0.6 is 0 Å². The predicted molar refractivity (Wildman–Crippen MR) is 271 cm³/mol. The molecule has 3 aliphatic heterocycles. The van der Waals surface area contributed by atoms with Crippen LogP contribution in [0.25, 0.3) is 11.1 Å². The number of anilines is 6. The Balaban J connectivity index is 1.35. The van der Waals surface area contributed by atoms with E-state index in [1.54, 1.807) is 0 Å². The van der Waals surface area contributed by atoms with Crippen molar-refractivity contribution in [3.8, 4) is 11.1 Å². The molecule has 0 radical (unpaired) electrons. The number of nitrogens with zero attached hydrogens (tertiary/aromatic N) is 2. The van der Waals surface area contributed by atoms with Gasteiger partial charge in [-0.05, 0) is 154 Å². The van der Waals surface area contributed by atoms with Crippen LogP contribution in [0.4, 0.5) is 34.1 Å². The normalized spacial score (nSPS) is 19.6. The minimum atomic E-state index is -0.543. The van der Waals surface area contributed by atoms with Gasteiger partial charge >= 0.3 is 0 Å². The molecule has 3 heteroatoms. The Hall–Kier alpha value is -5.80. The summed E-state index contributed by atoms with van der Waals surface area (Å²) in [5.74, 6) is 0. The first kappa shape index (κ1) is 38.6. The summed E-state index contributed by atoms with van der Waals surface area (Å²) in [4.78, 5) is 5.51. The Morgan fingerprint density at radius 2 is 0.812 bits per heavy atom. The molecule has 2 nitrogen and oxygen atoms in total. The lowest BCUT2D eigenvalue weighted by molar-refractivity contribution is 0.403. The number of rotatable bonds is 2. The van der Waals surface area contributed by atoms with Crippen molar-refractivity contribution in [1.29, 1.82) is 0 Å². The fourth-order valence-electron chi connectivity index (χ4n) is 15.1. The van der Waals surface area contributed by atoms with Crippen LogP contribution in [-0.4, -0.2) is 6.71 Å². The third-order valence-corrected chi connectivity index (χ3v) is 16.8. The maximum Gasteiger partial charge on any atom is 0.253 e. The highest BCUT2D eigenvalue weighted by atomic mass is 15.2. The number of hydrogen-bond acceptors (Lipinski definition) is 2. The first-order valence-corrected chi connectivity index (χ1v) is 23.9.